The molecule has 0 saturated heterocycles. The van der Waals surface area contributed by atoms with Gasteiger partial charge in [-0.15, -0.1) is 0 Å². The zero-order valence-electron chi connectivity index (χ0n) is 10.4. The molecule has 2 N–H and O–H groups in total. The maximum atomic E-state index is 11.4. The van der Waals surface area contributed by atoms with E-state index in [9.17, 15) is 4.79 Å². The molecule has 1 amide bonds. The molecule has 19 heavy (non-hydrogen) atoms. The van der Waals surface area contributed by atoms with E-state index in [0.717, 1.165) is 10.6 Å². The molecule has 0 aliphatic rings. The summed E-state index contributed by atoms with van der Waals surface area (Å²) < 4.78 is 0. The number of hydrogen-bond donors (Lipinski definition) is 1. The van der Waals surface area contributed by atoms with E-state index in [-0.39, 0.29) is 11.2 Å². The van der Waals surface area contributed by atoms with E-state index >= 15 is 0 Å². The Kier molecular flexibility index (Phi) is 4.87. The van der Waals surface area contributed by atoms with Crippen LogP contribution in [0.5, 0.6) is 0 Å². The minimum atomic E-state index is -0.383. The number of amides is 1. The van der Waals surface area contributed by atoms with Crippen molar-refractivity contribution in [1.82, 2.24) is 4.98 Å². The second-order valence-electron chi connectivity index (χ2n) is 3.94. The number of aromatic nitrogens is 1. The third kappa shape index (κ3) is 3.75. The first-order chi connectivity index (χ1) is 9.18. The van der Waals surface area contributed by atoms with Gasteiger partial charge in [0.05, 0.1) is 0 Å². The first-order valence-corrected chi connectivity index (χ1v) is 8.03. The van der Waals surface area contributed by atoms with Crippen molar-refractivity contribution in [1.29, 1.82) is 0 Å². The van der Waals surface area contributed by atoms with Crippen LogP contribution in [0.25, 0.3) is 0 Å². The Balaban J connectivity index is 2.08. The van der Waals surface area contributed by atoms with Gasteiger partial charge in [0.25, 0.3) is 0 Å². The van der Waals surface area contributed by atoms with Crippen LogP contribution >= 0.6 is 21.6 Å². The number of primary amides is 1. The number of rotatable bonds is 5. The van der Waals surface area contributed by atoms with E-state index in [2.05, 4.69) is 11.9 Å². The molecule has 2 aromatic rings. The zero-order valence-corrected chi connectivity index (χ0v) is 12.1. The van der Waals surface area contributed by atoms with Crippen molar-refractivity contribution in [2.24, 2.45) is 5.73 Å². The highest BCUT2D eigenvalue weighted by atomic mass is 33.1. The third-order valence-electron chi connectivity index (χ3n) is 2.58. The Hall–Kier alpha value is -1.46. The summed E-state index contributed by atoms with van der Waals surface area (Å²) in [6.07, 6.45) is 1.77. The van der Waals surface area contributed by atoms with Gasteiger partial charge in [0.2, 0.25) is 5.91 Å². The van der Waals surface area contributed by atoms with Crippen LogP contribution in [0.4, 0.5) is 0 Å². The number of carbonyl (C=O) groups is 1. The molecule has 0 spiro atoms. The quantitative estimate of drug-likeness (QED) is 0.853. The summed E-state index contributed by atoms with van der Waals surface area (Å²) >= 11 is 0. The molecule has 0 radical (unpaired) electrons. The molecule has 3 nitrogen and oxygen atoms in total. The highest BCUT2D eigenvalue weighted by Gasteiger charge is 2.14. The Morgan fingerprint density at radius 1 is 1.21 bits per heavy atom. The van der Waals surface area contributed by atoms with Gasteiger partial charge in [-0.25, -0.2) is 4.98 Å². The van der Waals surface area contributed by atoms with Crippen molar-refractivity contribution in [2.75, 3.05) is 0 Å². The monoisotopic (exact) mass is 290 g/mol. The smallest absolute Gasteiger partial charge is 0.249 e. The van der Waals surface area contributed by atoms with Crippen molar-refractivity contribution in [3.05, 3.63) is 59.8 Å². The Labute approximate surface area is 120 Å². The second kappa shape index (κ2) is 6.63. The van der Waals surface area contributed by atoms with Crippen LogP contribution < -0.4 is 5.73 Å². The van der Waals surface area contributed by atoms with Crippen LogP contribution in [-0.4, -0.2) is 10.9 Å². The summed E-state index contributed by atoms with van der Waals surface area (Å²) in [6, 6.07) is 13.3. The van der Waals surface area contributed by atoms with Gasteiger partial charge in [-0.3, -0.25) is 4.79 Å². The Morgan fingerprint density at radius 2 is 1.95 bits per heavy atom. The minimum Gasteiger partial charge on any atom is -0.366 e. The van der Waals surface area contributed by atoms with Gasteiger partial charge in [0, 0.05) is 17.0 Å². The molecular formula is C14H14N2OS2. The average Bonchev–Trinajstić information content (AvgIpc) is 2.46. The first-order valence-electron chi connectivity index (χ1n) is 5.81. The van der Waals surface area contributed by atoms with Gasteiger partial charge in [0.1, 0.15) is 5.03 Å². The number of nitrogens with zero attached hydrogens (tertiary/aromatic N) is 1. The zero-order chi connectivity index (χ0) is 13.7. The SMILES string of the molecule is CC(SSc1ccccn1)c1ccccc1C(N)=O. The fourth-order valence-corrected chi connectivity index (χ4v) is 3.77. The Morgan fingerprint density at radius 3 is 2.63 bits per heavy atom. The fraction of sp³-hybridized carbons (Fsp3) is 0.143. The van der Waals surface area contributed by atoms with Crippen molar-refractivity contribution in [2.45, 2.75) is 17.2 Å². The standard InChI is InChI=1S/C14H14N2OS2/c1-10(18-19-13-8-4-5-9-16-13)11-6-2-3-7-12(11)14(15)17/h2-10H,1H3,(H2,15,17). The van der Waals surface area contributed by atoms with Crippen LogP contribution in [0, 0.1) is 0 Å². The maximum absolute atomic E-state index is 11.4. The lowest BCUT2D eigenvalue weighted by Crippen LogP contribution is -2.13. The highest BCUT2D eigenvalue weighted by molar-refractivity contribution is 8.76. The second-order valence-corrected chi connectivity index (χ2v) is 6.50. The number of nitrogens with two attached hydrogens (primary N) is 1. The van der Waals surface area contributed by atoms with Gasteiger partial charge in [-0.1, -0.05) is 35.1 Å². The maximum Gasteiger partial charge on any atom is 0.249 e. The highest BCUT2D eigenvalue weighted by Crippen LogP contribution is 2.42. The molecule has 0 aliphatic carbocycles. The number of carbonyl (C=O) groups excluding carboxylic acids is 1. The molecule has 0 saturated carbocycles. The molecule has 0 bridgehead atoms. The summed E-state index contributed by atoms with van der Waals surface area (Å²) in [4.78, 5) is 15.6. The molecule has 1 atom stereocenters. The Bertz CT molecular complexity index is 560. The van der Waals surface area contributed by atoms with Gasteiger partial charge < -0.3 is 5.73 Å². The molecule has 2 rings (SSSR count). The van der Waals surface area contributed by atoms with E-state index in [4.69, 9.17) is 5.73 Å². The molecule has 1 heterocycles. The van der Waals surface area contributed by atoms with Crippen LogP contribution in [0.15, 0.2) is 53.7 Å². The van der Waals surface area contributed by atoms with Crippen molar-refractivity contribution < 1.29 is 4.79 Å². The fourth-order valence-electron chi connectivity index (χ4n) is 1.65. The minimum absolute atomic E-state index is 0.163. The van der Waals surface area contributed by atoms with Gasteiger partial charge in [-0.2, -0.15) is 0 Å². The van der Waals surface area contributed by atoms with Gasteiger partial charge in [-0.05, 0) is 41.5 Å². The first kappa shape index (κ1) is 14.0. The van der Waals surface area contributed by atoms with Crippen molar-refractivity contribution >= 4 is 27.5 Å². The molecule has 0 fully saturated rings. The van der Waals surface area contributed by atoms with Crippen LogP contribution in [-0.2, 0) is 0 Å². The van der Waals surface area contributed by atoms with Crippen LogP contribution in [0.2, 0.25) is 0 Å². The number of benzene rings is 1. The van der Waals surface area contributed by atoms with E-state index in [0.29, 0.717) is 5.56 Å². The lowest BCUT2D eigenvalue weighted by atomic mass is 10.0. The molecular weight excluding hydrogens is 276 g/mol. The third-order valence-corrected chi connectivity index (χ3v) is 5.30. The lowest BCUT2D eigenvalue weighted by Gasteiger charge is -2.13. The molecule has 1 aromatic carbocycles. The van der Waals surface area contributed by atoms with E-state index in [1.165, 1.54) is 0 Å². The number of pyridine rings is 1. The predicted molar refractivity (Wildman–Crippen MR) is 81.1 cm³/mol. The molecule has 0 aliphatic heterocycles. The summed E-state index contributed by atoms with van der Waals surface area (Å²) in [7, 11) is 3.26. The normalized spacial score (nSPS) is 12.1. The molecule has 5 heteroatoms. The van der Waals surface area contributed by atoms with E-state index in [1.54, 1.807) is 33.9 Å². The topological polar surface area (TPSA) is 56.0 Å². The number of hydrogen-bond acceptors (Lipinski definition) is 4. The predicted octanol–water partition coefficient (Wildman–Crippen LogP) is 3.68. The summed E-state index contributed by atoms with van der Waals surface area (Å²) in [5.74, 6) is -0.383. The summed E-state index contributed by atoms with van der Waals surface area (Å²) in [6.45, 7) is 2.06. The molecule has 98 valence electrons. The molecule has 1 aromatic heterocycles. The van der Waals surface area contributed by atoms with E-state index in [1.807, 2.05) is 36.4 Å². The largest absolute Gasteiger partial charge is 0.366 e. The lowest BCUT2D eigenvalue weighted by molar-refractivity contribution is 0.0999. The molecule has 1 unspecified atom stereocenters. The van der Waals surface area contributed by atoms with Crippen molar-refractivity contribution in [3.8, 4) is 0 Å². The van der Waals surface area contributed by atoms with E-state index < -0.39 is 0 Å². The van der Waals surface area contributed by atoms with Crippen LogP contribution in [0.1, 0.15) is 28.1 Å². The summed E-state index contributed by atoms with van der Waals surface area (Å²) in [5, 5.41) is 1.12. The average molecular weight is 290 g/mol. The van der Waals surface area contributed by atoms with Crippen LogP contribution in [0.3, 0.4) is 0 Å². The van der Waals surface area contributed by atoms with Gasteiger partial charge in [0.15, 0.2) is 0 Å². The van der Waals surface area contributed by atoms with Gasteiger partial charge >= 0.3 is 0 Å². The van der Waals surface area contributed by atoms with Crippen molar-refractivity contribution in [3.63, 3.8) is 0 Å². The summed E-state index contributed by atoms with van der Waals surface area (Å²) in [5.41, 5.74) is 6.94.